The average molecular weight is 409 g/mol. The highest BCUT2D eigenvalue weighted by atomic mass is 16.2. The van der Waals surface area contributed by atoms with Crippen LogP contribution in [0.25, 0.3) is 22.0 Å². The van der Waals surface area contributed by atoms with Crippen molar-refractivity contribution in [3.8, 4) is 11.3 Å². The normalized spacial score (nSPS) is 13.9. The third kappa shape index (κ3) is 3.92. The monoisotopic (exact) mass is 409 g/mol. The number of hydrogen-bond donors (Lipinski definition) is 1. The fourth-order valence-corrected chi connectivity index (χ4v) is 3.98. The van der Waals surface area contributed by atoms with Gasteiger partial charge in [-0.1, -0.05) is 72.8 Å². The van der Waals surface area contributed by atoms with Gasteiger partial charge in [0.1, 0.15) is 5.69 Å². The fraction of sp³-hybridized carbons (Fsp3) is 0.160. The minimum absolute atomic E-state index is 0.0683. The van der Waals surface area contributed by atoms with Crippen molar-refractivity contribution in [2.45, 2.75) is 0 Å². The van der Waals surface area contributed by atoms with Crippen LogP contribution in [0.15, 0.2) is 84.9 Å². The van der Waals surface area contributed by atoms with Gasteiger partial charge < -0.3 is 15.1 Å². The Bertz CT molecular complexity index is 1190. The lowest BCUT2D eigenvalue weighted by atomic mass is 10.0. The summed E-state index contributed by atoms with van der Waals surface area (Å²) >= 11 is 0. The third-order valence-corrected chi connectivity index (χ3v) is 5.61. The first kappa shape index (κ1) is 19.1. The molecule has 1 fully saturated rings. The van der Waals surface area contributed by atoms with E-state index < -0.39 is 0 Å². The molecule has 0 spiro atoms. The Balaban J connectivity index is 1.35. The summed E-state index contributed by atoms with van der Waals surface area (Å²) < 4.78 is 0. The molecule has 0 radical (unpaired) electrons. The number of carbonyl (C=O) groups is 1. The number of nitrogens with one attached hydrogen (secondary N) is 1. The van der Waals surface area contributed by atoms with Gasteiger partial charge in [-0.3, -0.25) is 0 Å². The maximum absolute atomic E-state index is 12.6. The predicted octanol–water partition coefficient (Wildman–Crippen LogP) is 4.65. The molecule has 2 amide bonds. The molecule has 0 aliphatic carbocycles. The first-order chi connectivity index (χ1) is 15.3. The van der Waals surface area contributed by atoms with Crippen LogP contribution in [-0.4, -0.2) is 47.3 Å². The zero-order chi connectivity index (χ0) is 21.0. The van der Waals surface area contributed by atoms with Gasteiger partial charge in [0, 0.05) is 48.2 Å². The number of urea groups is 1. The van der Waals surface area contributed by atoms with Gasteiger partial charge in [0.2, 0.25) is 0 Å². The standard InChI is InChI=1S/C25H23N5O/c31-25(26-20-11-5-2-6-12-20)30-17-15-29(16-18-30)24-22-14-8-7-13-21(22)23(27-28-24)19-9-3-1-4-10-19/h1-14H,15-18H2,(H,26,31). The lowest BCUT2D eigenvalue weighted by molar-refractivity contribution is 0.208. The van der Waals surface area contributed by atoms with E-state index in [9.17, 15) is 4.79 Å². The highest BCUT2D eigenvalue weighted by Crippen LogP contribution is 2.31. The molecule has 6 nitrogen and oxygen atoms in total. The molecule has 0 unspecified atom stereocenters. The van der Waals surface area contributed by atoms with Crippen LogP contribution >= 0.6 is 0 Å². The molecule has 2 heterocycles. The number of benzene rings is 3. The fourth-order valence-electron chi connectivity index (χ4n) is 3.98. The maximum atomic E-state index is 12.6. The zero-order valence-corrected chi connectivity index (χ0v) is 17.1. The van der Waals surface area contributed by atoms with Crippen LogP contribution < -0.4 is 10.2 Å². The third-order valence-electron chi connectivity index (χ3n) is 5.61. The average Bonchev–Trinajstić information content (AvgIpc) is 2.85. The topological polar surface area (TPSA) is 61.4 Å². The number of piperazine rings is 1. The zero-order valence-electron chi connectivity index (χ0n) is 17.1. The minimum Gasteiger partial charge on any atom is -0.351 e. The summed E-state index contributed by atoms with van der Waals surface area (Å²) in [5, 5.41) is 14.3. The van der Waals surface area contributed by atoms with Gasteiger partial charge in [-0.25, -0.2) is 4.79 Å². The summed E-state index contributed by atoms with van der Waals surface area (Å²) in [5.74, 6) is 0.874. The van der Waals surface area contributed by atoms with Gasteiger partial charge in [0.05, 0.1) is 0 Å². The number of fused-ring (bicyclic) bond motifs is 1. The number of rotatable bonds is 3. The molecule has 31 heavy (non-hydrogen) atoms. The Kier molecular flexibility index (Phi) is 5.19. The molecule has 1 N–H and O–H groups in total. The van der Waals surface area contributed by atoms with Gasteiger partial charge in [-0.15, -0.1) is 10.2 Å². The number of hydrogen-bond acceptors (Lipinski definition) is 4. The van der Waals surface area contributed by atoms with Crippen LogP contribution in [0.2, 0.25) is 0 Å². The first-order valence-electron chi connectivity index (χ1n) is 10.5. The number of carbonyl (C=O) groups excluding carboxylic acids is 1. The van der Waals surface area contributed by atoms with Gasteiger partial charge >= 0.3 is 6.03 Å². The number of nitrogens with zero attached hydrogens (tertiary/aromatic N) is 4. The lowest BCUT2D eigenvalue weighted by Gasteiger charge is -2.35. The summed E-state index contributed by atoms with van der Waals surface area (Å²) in [6.45, 7) is 2.70. The molecular weight excluding hydrogens is 386 g/mol. The van der Waals surface area contributed by atoms with E-state index >= 15 is 0 Å². The van der Waals surface area contributed by atoms with Crippen LogP contribution in [0.1, 0.15) is 0 Å². The van der Waals surface area contributed by atoms with E-state index in [1.807, 2.05) is 65.6 Å². The van der Waals surface area contributed by atoms with Gasteiger partial charge in [-0.05, 0) is 12.1 Å². The minimum atomic E-state index is -0.0683. The molecule has 0 saturated carbocycles. The smallest absolute Gasteiger partial charge is 0.321 e. The van der Waals surface area contributed by atoms with E-state index in [4.69, 9.17) is 0 Å². The molecule has 6 heteroatoms. The van der Waals surface area contributed by atoms with Gasteiger partial charge in [0.15, 0.2) is 5.82 Å². The van der Waals surface area contributed by atoms with E-state index in [0.717, 1.165) is 33.5 Å². The van der Waals surface area contributed by atoms with E-state index in [2.05, 4.69) is 44.7 Å². The van der Waals surface area contributed by atoms with Crippen molar-refractivity contribution in [1.82, 2.24) is 15.1 Å². The molecule has 1 aromatic heterocycles. The Labute approximate surface area is 181 Å². The van der Waals surface area contributed by atoms with E-state index in [1.54, 1.807) is 0 Å². The molecule has 1 aliphatic heterocycles. The van der Waals surface area contributed by atoms with Crippen LogP contribution in [-0.2, 0) is 0 Å². The Morgan fingerprint density at radius 2 is 1.32 bits per heavy atom. The molecule has 1 saturated heterocycles. The number of amides is 2. The van der Waals surface area contributed by atoms with Crippen molar-refractivity contribution in [2.75, 3.05) is 36.4 Å². The van der Waals surface area contributed by atoms with Crippen molar-refractivity contribution in [2.24, 2.45) is 0 Å². The largest absolute Gasteiger partial charge is 0.351 e. The molecule has 4 aromatic rings. The molecule has 0 bridgehead atoms. The van der Waals surface area contributed by atoms with Crippen molar-refractivity contribution in [1.29, 1.82) is 0 Å². The Morgan fingerprint density at radius 1 is 0.710 bits per heavy atom. The summed E-state index contributed by atoms with van der Waals surface area (Å²) in [6, 6.07) is 27.9. The number of aromatic nitrogens is 2. The number of para-hydroxylation sites is 1. The second-order valence-corrected chi connectivity index (χ2v) is 7.55. The summed E-state index contributed by atoms with van der Waals surface area (Å²) in [4.78, 5) is 16.7. The Hall–Kier alpha value is -3.93. The lowest BCUT2D eigenvalue weighted by Crippen LogP contribution is -2.50. The maximum Gasteiger partial charge on any atom is 0.321 e. The van der Waals surface area contributed by atoms with Crippen LogP contribution in [0.4, 0.5) is 16.3 Å². The summed E-state index contributed by atoms with van der Waals surface area (Å²) in [7, 11) is 0. The van der Waals surface area contributed by atoms with Crippen molar-refractivity contribution in [3.05, 3.63) is 84.9 Å². The van der Waals surface area contributed by atoms with Crippen LogP contribution in [0, 0.1) is 0 Å². The quantitative estimate of drug-likeness (QED) is 0.535. The van der Waals surface area contributed by atoms with Crippen LogP contribution in [0.3, 0.4) is 0 Å². The SMILES string of the molecule is O=C(Nc1ccccc1)N1CCN(c2nnc(-c3ccccc3)c3ccccc23)CC1. The first-order valence-corrected chi connectivity index (χ1v) is 10.5. The number of anilines is 2. The second kappa shape index (κ2) is 8.44. The molecule has 5 rings (SSSR count). The van der Waals surface area contributed by atoms with Crippen molar-refractivity contribution in [3.63, 3.8) is 0 Å². The molecule has 154 valence electrons. The van der Waals surface area contributed by atoms with E-state index in [0.29, 0.717) is 26.2 Å². The van der Waals surface area contributed by atoms with Crippen LogP contribution in [0.5, 0.6) is 0 Å². The van der Waals surface area contributed by atoms with Gasteiger partial charge in [0.25, 0.3) is 0 Å². The van der Waals surface area contributed by atoms with E-state index in [-0.39, 0.29) is 6.03 Å². The van der Waals surface area contributed by atoms with E-state index in [1.165, 1.54) is 0 Å². The predicted molar refractivity (Wildman–Crippen MR) is 124 cm³/mol. The molecule has 1 aliphatic rings. The Morgan fingerprint density at radius 3 is 2.03 bits per heavy atom. The summed E-state index contributed by atoms with van der Waals surface area (Å²) in [5.41, 5.74) is 2.75. The molecular formula is C25H23N5O. The van der Waals surface area contributed by atoms with Crippen molar-refractivity contribution < 1.29 is 4.79 Å². The van der Waals surface area contributed by atoms with Crippen molar-refractivity contribution >= 4 is 28.3 Å². The van der Waals surface area contributed by atoms with Gasteiger partial charge in [-0.2, -0.15) is 0 Å². The molecule has 0 atom stereocenters. The summed E-state index contributed by atoms with van der Waals surface area (Å²) in [6.07, 6.45) is 0. The second-order valence-electron chi connectivity index (χ2n) is 7.55. The highest BCUT2D eigenvalue weighted by Gasteiger charge is 2.24. The highest BCUT2D eigenvalue weighted by molar-refractivity contribution is 6.00. The molecule has 3 aromatic carbocycles.